The predicted octanol–water partition coefficient (Wildman–Crippen LogP) is 1.89. The minimum absolute atomic E-state index is 0.159. The van der Waals surface area contributed by atoms with E-state index in [0.29, 0.717) is 0 Å². The molecule has 0 aliphatic rings. The molecule has 0 radical (unpaired) electrons. The summed E-state index contributed by atoms with van der Waals surface area (Å²) >= 11 is 0. The van der Waals surface area contributed by atoms with Crippen LogP contribution >= 0.6 is 0 Å². The molecule has 0 fully saturated rings. The second-order valence-corrected chi connectivity index (χ2v) is 4.62. The Balaban J connectivity index is 4.11. The maximum atomic E-state index is 12.1. The summed E-state index contributed by atoms with van der Waals surface area (Å²) in [5, 5.41) is 0. The highest BCUT2D eigenvalue weighted by Gasteiger charge is 2.11. The molecule has 0 bridgehead atoms. The van der Waals surface area contributed by atoms with E-state index in [1.807, 2.05) is 0 Å². The summed E-state index contributed by atoms with van der Waals surface area (Å²) in [5.41, 5.74) is 0. The van der Waals surface area contributed by atoms with Crippen molar-refractivity contribution in [3.63, 3.8) is 0 Å². The highest BCUT2D eigenvalue weighted by atomic mass is 32.2. The Morgan fingerprint density at radius 1 is 1.25 bits per heavy atom. The molecule has 0 aromatic rings. The van der Waals surface area contributed by atoms with Gasteiger partial charge in [-0.1, -0.05) is 6.92 Å². The quantitative estimate of drug-likeness (QED) is 0.697. The summed E-state index contributed by atoms with van der Waals surface area (Å²) in [6.45, 7) is 1.38. The van der Waals surface area contributed by atoms with E-state index in [-0.39, 0.29) is 5.75 Å². The number of allylic oxidation sites excluding steroid dienone is 1. The highest BCUT2D eigenvalue weighted by Crippen LogP contribution is 2.13. The van der Waals surface area contributed by atoms with E-state index in [2.05, 4.69) is 0 Å². The Bertz CT molecular complexity index is 265. The van der Waals surface area contributed by atoms with Crippen molar-refractivity contribution in [3.05, 3.63) is 11.9 Å². The van der Waals surface area contributed by atoms with E-state index in [1.54, 1.807) is 0 Å². The molecule has 0 aliphatic carbocycles. The summed E-state index contributed by atoms with van der Waals surface area (Å²) in [7, 11) is -3.36. The summed E-state index contributed by atoms with van der Waals surface area (Å²) in [5.74, 6) is -2.37. The molecule has 0 aromatic carbocycles. The average Bonchev–Trinajstić information content (AvgIpc) is 2.00. The molecule has 72 valence electrons. The second-order valence-electron chi connectivity index (χ2n) is 2.15. The number of sulfone groups is 1. The van der Waals surface area contributed by atoms with E-state index in [0.717, 1.165) is 0 Å². The van der Waals surface area contributed by atoms with Crippen LogP contribution in [-0.2, 0) is 9.84 Å². The number of rotatable bonds is 4. The molecule has 0 aromatic heterocycles. The van der Waals surface area contributed by atoms with E-state index in [9.17, 15) is 21.6 Å². The standard InChI is InChI=1S/C6H9F3O2S/c1-2-12(10,11)4-3-5(7)6(8)9/h2-4H2,1H3. The SMILES string of the molecule is CCS(=O)(=O)CCC(F)=C(F)F. The third-order valence-corrected chi connectivity index (χ3v) is 2.98. The fraction of sp³-hybridized carbons (Fsp3) is 0.667. The fourth-order valence-electron chi connectivity index (χ4n) is 0.484. The monoisotopic (exact) mass is 202 g/mol. The first-order valence-corrected chi connectivity index (χ1v) is 5.11. The van der Waals surface area contributed by atoms with Gasteiger partial charge in [0, 0.05) is 12.2 Å². The van der Waals surface area contributed by atoms with Crippen LogP contribution in [0.2, 0.25) is 0 Å². The third kappa shape index (κ3) is 4.38. The van der Waals surface area contributed by atoms with Crippen molar-refractivity contribution >= 4 is 9.84 Å². The van der Waals surface area contributed by atoms with Gasteiger partial charge in [-0.25, -0.2) is 12.8 Å². The van der Waals surface area contributed by atoms with Gasteiger partial charge < -0.3 is 0 Å². The lowest BCUT2D eigenvalue weighted by atomic mass is 10.4. The predicted molar refractivity (Wildman–Crippen MR) is 39.3 cm³/mol. The van der Waals surface area contributed by atoms with E-state index < -0.39 is 33.9 Å². The van der Waals surface area contributed by atoms with Crippen LogP contribution in [0.5, 0.6) is 0 Å². The van der Waals surface area contributed by atoms with Crippen LogP contribution in [0, 0.1) is 0 Å². The molecule has 0 spiro atoms. The second kappa shape index (κ2) is 4.49. The number of halogens is 3. The Kier molecular flexibility index (Phi) is 4.30. The molecule has 0 rings (SSSR count). The van der Waals surface area contributed by atoms with Crippen molar-refractivity contribution in [3.8, 4) is 0 Å². The minimum atomic E-state index is -3.36. The molecular weight excluding hydrogens is 193 g/mol. The van der Waals surface area contributed by atoms with Crippen molar-refractivity contribution in [2.75, 3.05) is 11.5 Å². The first kappa shape index (κ1) is 11.5. The Morgan fingerprint density at radius 3 is 2.08 bits per heavy atom. The smallest absolute Gasteiger partial charge is 0.229 e. The Morgan fingerprint density at radius 2 is 1.75 bits per heavy atom. The summed E-state index contributed by atoms with van der Waals surface area (Å²) < 4.78 is 56.3. The van der Waals surface area contributed by atoms with E-state index >= 15 is 0 Å². The van der Waals surface area contributed by atoms with Crippen LogP contribution < -0.4 is 0 Å². The zero-order valence-electron chi connectivity index (χ0n) is 6.48. The minimum Gasteiger partial charge on any atom is -0.229 e. The molecular formula is C6H9F3O2S. The van der Waals surface area contributed by atoms with Crippen molar-refractivity contribution in [1.82, 2.24) is 0 Å². The van der Waals surface area contributed by atoms with Gasteiger partial charge in [-0.15, -0.1) is 0 Å². The Hall–Kier alpha value is -0.520. The van der Waals surface area contributed by atoms with Gasteiger partial charge in [0.05, 0.1) is 5.75 Å². The number of hydrogen-bond acceptors (Lipinski definition) is 2. The van der Waals surface area contributed by atoms with Gasteiger partial charge in [-0.3, -0.25) is 0 Å². The molecule has 2 nitrogen and oxygen atoms in total. The molecule has 0 N–H and O–H groups in total. The van der Waals surface area contributed by atoms with Gasteiger partial charge in [0.15, 0.2) is 5.83 Å². The Labute approximate surface area is 69.0 Å². The molecule has 0 unspecified atom stereocenters. The topological polar surface area (TPSA) is 34.1 Å². The van der Waals surface area contributed by atoms with Gasteiger partial charge in [-0.2, -0.15) is 8.78 Å². The molecule has 0 heterocycles. The van der Waals surface area contributed by atoms with Gasteiger partial charge in [0.2, 0.25) is 0 Å². The molecule has 12 heavy (non-hydrogen) atoms. The van der Waals surface area contributed by atoms with Crippen molar-refractivity contribution in [1.29, 1.82) is 0 Å². The van der Waals surface area contributed by atoms with E-state index in [4.69, 9.17) is 0 Å². The number of hydrogen-bond donors (Lipinski definition) is 0. The zero-order valence-corrected chi connectivity index (χ0v) is 7.30. The van der Waals surface area contributed by atoms with Crippen LogP contribution in [0.1, 0.15) is 13.3 Å². The van der Waals surface area contributed by atoms with Crippen LogP contribution in [-0.4, -0.2) is 19.9 Å². The molecule has 0 saturated carbocycles. The maximum absolute atomic E-state index is 12.1. The summed E-state index contributed by atoms with van der Waals surface area (Å²) in [4.78, 5) is 0. The summed E-state index contributed by atoms with van der Waals surface area (Å²) in [6.07, 6.45) is -3.18. The zero-order chi connectivity index (χ0) is 9.78. The molecule has 0 amide bonds. The average molecular weight is 202 g/mol. The highest BCUT2D eigenvalue weighted by molar-refractivity contribution is 7.91. The van der Waals surface area contributed by atoms with Crippen LogP contribution in [0.25, 0.3) is 0 Å². The molecule has 0 aliphatic heterocycles. The van der Waals surface area contributed by atoms with Crippen molar-refractivity contribution in [2.24, 2.45) is 0 Å². The first-order valence-electron chi connectivity index (χ1n) is 3.29. The lowest BCUT2D eigenvalue weighted by Gasteiger charge is -1.97. The van der Waals surface area contributed by atoms with Gasteiger partial charge in [0.1, 0.15) is 9.84 Å². The van der Waals surface area contributed by atoms with Crippen molar-refractivity contribution < 1.29 is 21.6 Å². The molecule has 0 atom stereocenters. The van der Waals surface area contributed by atoms with Crippen LogP contribution in [0.4, 0.5) is 13.2 Å². The van der Waals surface area contributed by atoms with Crippen LogP contribution in [0.3, 0.4) is 0 Å². The van der Waals surface area contributed by atoms with Gasteiger partial charge in [0.25, 0.3) is 0 Å². The lowest BCUT2D eigenvalue weighted by Crippen LogP contribution is -2.08. The lowest BCUT2D eigenvalue weighted by molar-refractivity contribution is 0.373. The van der Waals surface area contributed by atoms with Crippen molar-refractivity contribution in [2.45, 2.75) is 13.3 Å². The van der Waals surface area contributed by atoms with Gasteiger partial charge >= 0.3 is 6.08 Å². The maximum Gasteiger partial charge on any atom is 0.301 e. The normalized spacial score (nSPS) is 11.3. The third-order valence-electron chi connectivity index (χ3n) is 1.28. The molecule has 0 saturated heterocycles. The van der Waals surface area contributed by atoms with E-state index in [1.165, 1.54) is 6.92 Å². The summed E-state index contributed by atoms with van der Waals surface area (Å²) in [6, 6.07) is 0. The first-order chi connectivity index (χ1) is 5.39. The largest absolute Gasteiger partial charge is 0.301 e. The molecule has 6 heteroatoms. The van der Waals surface area contributed by atoms with Crippen LogP contribution in [0.15, 0.2) is 11.9 Å². The fourth-order valence-corrected chi connectivity index (χ4v) is 1.26. The van der Waals surface area contributed by atoms with Gasteiger partial charge in [-0.05, 0) is 0 Å².